The number of nitrogens with zero attached hydrogens (tertiary/aromatic N) is 1. The Kier molecular flexibility index (Phi) is 5.08. The predicted molar refractivity (Wildman–Crippen MR) is 109 cm³/mol. The first-order chi connectivity index (χ1) is 13.1. The van der Waals surface area contributed by atoms with Crippen LogP contribution in [0.1, 0.15) is 29.9 Å². The number of halogens is 1. The van der Waals surface area contributed by atoms with Crippen LogP contribution < -0.4 is 4.74 Å². The van der Waals surface area contributed by atoms with Crippen molar-refractivity contribution in [1.29, 1.82) is 0 Å². The van der Waals surface area contributed by atoms with Crippen molar-refractivity contribution in [2.75, 3.05) is 20.2 Å². The lowest BCUT2D eigenvalue weighted by atomic mass is 9.89. The number of carbonyl (C=O) groups excluding carboxylic acids is 1. The number of piperidine rings is 1. The van der Waals surface area contributed by atoms with Crippen molar-refractivity contribution in [3.63, 3.8) is 0 Å². The third-order valence-electron chi connectivity index (χ3n) is 5.48. The average molecular weight is 383 g/mol. The molecule has 0 radical (unpaired) electrons. The molecule has 1 amide bonds. The molecule has 4 rings (SSSR count). The number of fused-ring (bicyclic) bond motifs is 1. The normalized spacial score (nSPS) is 15.3. The van der Waals surface area contributed by atoms with Crippen molar-refractivity contribution in [2.45, 2.75) is 25.2 Å². The lowest BCUT2D eigenvalue weighted by Crippen LogP contribution is -2.38. The van der Waals surface area contributed by atoms with E-state index < -0.39 is 0 Å². The molecule has 27 heavy (non-hydrogen) atoms. The van der Waals surface area contributed by atoms with Crippen LogP contribution >= 0.6 is 11.6 Å². The highest BCUT2D eigenvalue weighted by atomic mass is 35.5. The molecule has 1 fully saturated rings. The molecule has 0 bridgehead atoms. The summed E-state index contributed by atoms with van der Waals surface area (Å²) in [6.07, 6.45) is 4.52. The van der Waals surface area contributed by atoms with Crippen molar-refractivity contribution in [3.8, 4) is 5.75 Å². The Balaban J connectivity index is 1.38. The van der Waals surface area contributed by atoms with Crippen LogP contribution in [0.3, 0.4) is 0 Å². The maximum Gasteiger partial charge on any atom is 0.226 e. The molecule has 2 aromatic carbocycles. The number of likely N-dealkylation sites (tertiary alicyclic amines) is 1. The number of amides is 1. The van der Waals surface area contributed by atoms with Gasteiger partial charge >= 0.3 is 0 Å². The van der Waals surface area contributed by atoms with Crippen LogP contribution in [-0.4, -0.2) is 36.0 Å². The summed E-state index contributed by atoms with van der Waals surface area (Å²) in [4.78, 5) is 18.0. The van der Waals surface area contributed by atoms with E-state index in [4.69, 9.17) is 16.3 Å². The summed E-state index contributed by atoms with van der Waals surface area (Å²) < 4.78 is 5.17. The van der Waals surface area contributed by atoms with E-state index in [1.165, 1.54) is 10.9 Å². The number of aromatic nitrogens is 1. The molecule has 0 atom stereocenters. The summed E-state index contributed by atoms with van der Waals surface area (Å²) in [7, 11) is 1.65. The van der Waals surface area contributed by atoms with E-state index in [0.29, 0.717) is 12.3 Å². The van der Waals surface area contributed by atoms with Gasteiger partial charge in [-0.05, 0) is 54.2 Å². The van der Waals surface area contributed by atoms with Crippen molar-refractivity contribution in [2.24, 2.45) is 0 Å². The fraction of sp³-hybridized carbons (Fsp3) is 0.318. The molecule has 1 N–H and O–H groups in total. The maximum absolute atomic E-state index is 12.6. The smallest absolute Gasteiger partial charge is 0.226 e. The molecule has 0 aliphatic carbocycles. The van der Waals surface area contributed by atoms with Gasteiger partial charge in [-0.15, -0.1) is 0 Å². The zero-order valence-corrected chi connectivity index (χ0v) is 16.1. The monoisotopic (exact) mass is 382 g/mol. The number of rotatable bonds is 4. The molecule has 5 heteroatoms. The lowest BCUT2D eigenvalue weighted by Gasteiger charge is -2.32. The van der Waals surface area contributed by atoms with E-state index in [1.54, 1.807) is 7.11 Å². The summed E-state index contributed by atoms with van der Waals surface area (Å²) in [5, 5.41) is 1.98. The second kappa shape index (κ2) is 7.65. The van der Waals surface area contributed by atoms with Crippen LogP contribution in [0.4, 0.5) is 0 Å². The van der Waals surface area contributed by atoms with Crippen molar-refractivity contribution >= 4 is 28.4 Å². The average Bonchev–Trinajstić information content (AvgIpc) is 3.11. The van der Waals surface area contributed by atoms with Gasteiger partial charge in [0.15, 0.2) is 0 Å². The zero-order chi connectivity index (χ0) is 18.8. The predicted octanol–water partition coefficient (Wildman–Crippen LogP) is 4.78. The molecule has 1 aliphatic heterocycles. The summed E-state index contributed by atoms with van der Waals surface area (Å²) in [6, 6.07) is 13.7. The minimum atomic E-state index is 0.198. The zero-order valence-electron chi connectivity index (χ0n) is 15.4. The third-order valence-corrected chi connectivity index (χ3v) is 5.71. The van der Waals surface area contributed by atoms with Gasteiger partial charge in [-0.1, -0.05) is 29.8 Å². The van der Waals surface area contributed by atoms with E-state index >= 15 is 0 Å². The summed E-state index contributed by atoms with van der Waals surface area (Å²) >= 11 is 6.08. The Morgan fingerprint density at radius 1 is 1.19 bits per heavy atom. The number of methoxy groups -OCH3 is 1. The molecule has 140 valence electrons. The third kappa shape index (κ3) is 3.81. The molecule has 1 aliphatic rings. The molecule has 3 aromatic rings. The molecule has 2 heterocycles. The number of H-pyrrole nitrogens is 1. The van der Waals surface area contributed by atoms with Gasteiger partial charge in [-0.2, -0.15) is 0 Å². The van der Waals surface area contributed by atoms with Gasteiger partial charge in [-0.25, -0.2) is 0 Å². The number of hydrogen-bond donors (Lipinski definition) is 1. The van der Waals surface area contributed by atoms with E-state index in [0.717, 1.165) is 47.8 Å². The molecular weight excluding hydrogens is 360 g/mol. The molecule has 0 unspecified atom stereocenters. The van der Waals surface area contributed by atoms with Gasteiger partial charge in [0.05, 0.1) is 13.5 Å². The Morgan fingerprint density at radius 2 is 1.93 bits per heavy atom. The molecule has 1 saturated heterocycles. The summed E-state index contributed by atoms with van der Waals surface area (Å²) in [5.41, 5.74) is 3.44. The Labute approximate surface area is 164 Å². The number of aromatic amines is 1. The standard InChI is InChI=1S/C22H23ClN2O2/c1-27-18-5-2-15(3-6-18)12-22(26)25-10-8-16(9-11-25)20-14-24-21-13-17(23)4-7-19(20)21/h2-7,13-14,16,24H,8-12H2,1H3. The van der Waals surface area contributed by atoms with Gasteiger partial charge in [0.2, 0.25) is 5.91 Å². The highest BCUT2D eigenvalue weighted by molar-refractivity contribution is 6.31. The molecule has 4 nitrogen and oxygen atoms in total. The van der Waals surface area contributed by atoms with Gasteiger partial charge in [0.25, 0.3) is 0 Å². The Bertz CT molecular complexity index is 941. The van der Waals surface area contributed by atoms with Crippen LogP contribution in [-0.2, 0) is 11.2 Å². The second-order valence-corrected chi connectivity index (χ2v) is 7.55. The minimum absolute atomic E-state index is 0.198. The van der Waals surface area contributed by atoms with Gasteiger partial charge < -0.3 is 14.6 Å². The SMILES string of the molecule is COc1ccc(CC(=O)N2CCC(c3c[nH]c4cc(Cl)ccc34)CC2)cc1. The number of hydrogen-bond acceptors (Lipinski definition) is 2. The first-order valence-electron chi connectivity index (χ1n) is 9.31. The topological polar surface area (TPSA) is 45.3 Å². The van der Waals surface area contributed by atoms with Crippen LogP contribution in [0, 0.1) is 0 Å². The van der Waals surface area contributed by atoms with Crippen molar-refractivity contribution < 1.29 is 9.53 Å². The van der Waals surface area contributed by atoms with E-state index in [1.807, 2.05) is 41.3 Å². The Hall–Kier alpha value is -2.46. The highest BCUT2D eigenvalue weighted by Crippen LogP contribution is 2.34. The molecular formula is C22H23ClN2O2. The molecule has 0 spiro atoms. The lowest BCUT2D eigenvalue weighted by molar-refractivity contribution is -0.131. The quantitative estimate of drug-likeness (QED) is 0.705. The van der Waals surface area contributed by atoms with E-state index in [2.05, 4.69) is 17.2 Å². The first-order valence-corrected chi connectivity index (χ1v) is 9.69. The fourth-order valence-electron chi connectivity index (χ4n) is 3.93. The summed E-state index contributed by atoms with van der Waals surface area (Å²) in [6.45, 7) is 1.61. The van der Waals surface area contributed by atoms with Crippen LogP contribution in [0.5, 0.6) is 5.75 Å². The van der Waals surface area contributed by atoms with Crippen molar-refractivity contribution in [3.05, 3.63) is 64.8 Å². The van der Waals surface area contributed by atoms with Crippen LogP contribution in [0.2, 0.25) is 5.02 Å². The largest absolute Gasteiger partial charge is 0.497 e. The minimum Gasteiger partial charge on any atom is -0.497 e. The number of ether oxygens (including phenoxy) is 1. The first kappa shape index (κ1) is 17.9. The van der Waals surface area contributed by atoms with Gasteiger partial charge in [-0.3, -0.25) is 4.79 Å². The number of carbonyl (C=O) groups is 1. The maximum atomic E-state index is 12.6. The van der Waals surface area contributed by atoms with E-state index in [9.17, 15) is 4.79 Å². The van der Waals surface area contributed by atoms with Gasteiger partial charge in [0.1, 0.15) is 5.75 Å². The summed E-state index contributed by atoms with van der Waals surface area (Å²) in [5.74, 6) is 1.49. The number of benzene rings is 2. The van der Waals surface area contributed by atoms with Crippen LogP contribution in [0.15, 0.2) is 48.7 Å². The fourth-order valence-corrected chi connectivity index (χ4v) is 4.10. The van der Waals surface area contributed by atoms with E-state index in [-0.39, 0.29) is 5.91 Å². The van der Waals surface area contributed by atoms with Crippen molar-refractivity contribution in [1.82, 2.24) is 9.88 Å². The van der Waals surface area contributed by atoms with Gasteiger partial charge in [0, 0.05) is 35.2 Å². The molecule has 0 saturated carbocycles. The number of nitrogens with one attached hydrogen (secondary N) is 1. The van der Waals surface area contributed by atoms with Crippen LogP contribution in [0.25, 0.3) is 10.9 Å². The second-order valence-electron chi connectivity index (χ2n) is 7.11. The highest BCUT2D eigenvalue weighted by Gasteiger charge is 2.25. The molecule has 1 aromatic heterocycles. The Morgan fingerprint density at radius 3 is 2.63 bits per heavy atom.